The van der Waals surface area contributed by atoms with Crippen molar-refractivity contribution in [3.63, 3.8) is 0 Å². The number of benzene rings is 1. The molecule has 0 bridgehead atoms. The number of carbonyl (C=O) groups excluding carboxylic acids is 3. The van der Waals surface area contributed by atoms with Crippen molar-refractivity contribution in [3.05, 3.63) is 60.1 Å². The highest BCUT2D eigenvalue weighted by molar-refractivity contribution is 7.15. The summed E-state index contributed by atoms with van der Waals surface area (Å²) >= 11 is 1.60. The molecular weight excluding hydrogens is 560 g/mol. The zero-order valence-corrected chi connectivity index (χ0v) is 26.8. The van der Waals surface area contributed by atoms with Crippen molar-refractivity contribution in [2.45, 2.75) is 83.8 Å². The second-order valence-electron chi connectivity index (χ2n) is 12.0. The molecule has 1 heterocycles. The van der Waals surface area contributed by atoms with Gasteiger partial charge in [0.1, 0.15) is 11.1 Å². The number of hydrogen-bond donors (Lipinski definition) is 2. The molecular formula is C34H46N4O4S. The first kappa shape index (κ1) is 32.5. The van der Waals surface area contributed by atoms with E-state index in [1.54, 1.807) is 23.3 Å². The summed E-state index contributed by atoms with van der Waals surface area (Å²) in [6.07, 6.45) is 10.3. The summed E-state index contributed by atoms with van der Waals surface area (Å²) in [5.41, 5.74) is 2.14. The number of aromatic nitrogens is 1. The number of allylic oxidation sites excluding steroid dienone is 1. The smallest absolute Gasteiger partial charge is 0.411 e. The molecule has 0 saturated heterocycles. The van der Waals surface area contributed by atoms with E-state index in [1.165, 1.54) is 0 Å². The highest BCUT2D eigenvalue weighted by Gasteiger charge is 2.54. The van der Waals surface area contributed by atoms with Crippen molar-refractivity contribution < 1.29 is 19.1 Å². The number of amides is 3. The minimum absolute atomic E-state index is 0.0802. The van der Waals surface area contributed by atoms with Gasteiger partial charge in [-0.15, -0.1) is 24.5 Å². The summed E-state index contributed by atoms with van der Waals surface area (Å²) in [7, 11) is 1.79. The van der Waals surface area contributed by atoms with Crippen LogP contribution >= 0.6 is 11.3 Å². The third-order valence-electron chi connectivity index (χ3n) is 8.94. The number of ether oxygens (including phenoxy) is 1. The Balaban J connectivity index is 1.47. The lowest BCUT2D eigenvalue weighted by atomic mass is 9.93. The normalized spacial score (nSPS) is 24.2. The fourth-order valence-corrected chi connectivity index (χ4v) is 7.03. The Morgan fingerprint density at radius 1 is 1.19 bits per heavy atom. The van der Waals surface area contributed by atoms with Crippen molar-refractivity contribution in [2.24, 2.45) is 17.8 Å². The van der Waals surface area contributed by atoms with E-state index in [2.05, 4.69) is 42.6 Å². The van der Waals surface area contributed by atoms with Gasteiger partial charge in [-0.2, -0.15) is 0 Å². The van der Waals surface area contributed by atoms with Crippen LogP contribution in [0.1, 0.15) is 69.2 Å². The van der Waals surface area contributed by atoms with Crippen LogP contribution in [0.5, 0.6) is 0 Å². The van der Waals surface area contributed by atoms with Gasteiger partial charge < -0.3 is 15.0 Å². The summed E-state index contributed by atoms with van der Waals surface area (Å²) in [6.45, 7) is 14.4. The van der Waals surface area contributed by atoms with Gasteiger partial charge in [-0.25, -0.2) is 9.78 Å². The van der Waals surface area contributed by atoms with Gasteiger partial charge in [0.25, 0.3) is 0 Å². The number of unbranched alkanes of at least 4 members (excludes halogenated alkanes) is 2. The monoisotopic (exact) mass is 606 g/mol. The van der Waals surface area contributed by atoms with Gasteiger partial charge in [0.2, 0.25) is 11.8 Å². The molecule has 232 valence electrons. The van der Waals surface area contributed by atoms with Crippen molar-refractivity contribution in [3.8, 4) is 10.6 Å². The molecule has 4 rings (SSSR count). The topological polar surface area (TPSA) is 101 Å². The van der Waals surface area contributed by atoms with E-state index >= 15 is 0 Å². The van der Waals surface area contributed by atoms with Gasteiger partial charge in [0.15, 0.2) is 0 Å². The summed E-state index contributed by atoms with van der Waals surface area (Å²) in [4.78, 5) is 47.9. The lowest BCUT2D eigenvalue weighted by molar-refractivity contribution is -0.140. The quantitative estimate of drug-likeness (QED) is 0.180. The van der Waals surface area contributed by atoms with Gasteiger partial charge in [0, 0.05) is 41.7 Å². The van der Waals surface area contributed by atoms with Crippen LogP contribution in [0, 0.1) is 24.7 Å². The van der Waals surface area contributed by atoms with Crippen molar-refractivity contribution >= 4 is 34.9 Å². The third kappa shape index (κ3) is 7.74. The Labute approximate surface area is 260 Å². The van der Waals surface area contributed by atoms with Gasteiger partial charge in [-0.1, -0.05) is 32.1 Å². The van der Waals surface area contributed by atoms with E-state index in [1.807, 2.05) is 43.5 Å². The van der Waals surface area contributed by atoms with Crippen LogP contribution in [0.2, 0.25) is 0 Å². The molecule has 3 amide bonds. The Morgan fingerprint density at radius 3 is 2.60 bits per heavy atom. The molecule has 1 aromatic heterocycles. The largest absolute Gasteiger partial charge is 0.446 e. The third-order valence-corrected chi connectivity index (χ3v) is 10.1. The number of nitrogens with zero attached hydrogens (tertiary/aromatic N) is 2. The Hall–Kier alpha value is -3.46. The van der Waals surface area contributed by atoms with Crippen molar-refractivity contribution in [1.82, 2.24) is 15.2 Å². The zero-order valence-electron chi connectivity index (χ0n) is 26.0. The van der Waals surface area contributed by atoms with E-state index < -0.39 is 24.0 Å². The van der Waals surface area contributed by atoms with Crippen LogP contribution in [0.25, 0.3) is 10.6 Å². The number of aryl methyl sites for hydroxylation is 2. The maximum absolute atomic E-state index is 13.7. The molecule has 43 heavy (non-hydrogen) atoms. The summed E-state index contributed by atoms with van der Waals surface area (Å²) < 4.78 is 5.90. The van der Waals surface area contributed by atoms with Crippen LogP contribution in [-0.4, -0.2) is 53.0 Å². The highest BCUT2D eigenvalue weighted by Crippen LogP contribution is 2.48. The van der Waals surface area contributed by atoms with Crippen LogP contribution in [-0.2, 0) is 20.7 Å². The Bertz CT molecular complexity index is 1340. The lowest BCUT2D eigenvalue weighted by Crippen LogP contribution is -2.45. The van der Waals surface area contributed by atoms with Gasteiger partial charge >= 0.3 is 6.09 Å². The fourth-order valence-electron chi connectivity index (χ4n) is 6.13. The molecule has 2 saturated carbocycles. The number of carbonyl (C=O) groups is 3. The first-order valence-corrected chi connectivity index (χ1v) is 16.3. The van der Waals surface area contributed by atoms with Crippen LogP contribution in [0.3, 0.4) is 0 Å². The molecule has 0 unspecified atom stereocenters. The Morgan fingerprint density at radius 2 is 1.95 bits per heavy atom. The number of hydrogen-bond acceptors (Lipinski definition) is 6. The lowest BCUT2D eigenvalue weighted by Gasteiger charge is -2.26. The van der Waals surface area contributed by atoms with E-state index in [9.17, 15) is 14.4 Å². The minimum atomic E-state index is -0.604. The molecule has 2 fully saturated rings. The van der Waals surface area contributed by atoms with Crippen LogP contribution in [0.4, 0.5) is 10.5 Å². The number of thiazole rings is 1. The molecule has 2 aliphatic rings. The maximum atomic E-state index is 13.7. The van der Waals surface area contributed by atoms with Crippen molar-refractivity contribution in [2.75, 3.05) is 18.9 Å². The summed E-state index contributed by atoms with van der Waals surface area (Å²) in [6, 6.07) is 5.84. The molecule has 1 aromatic carbocycles. The molecule has 0 aliphatic heterocycles. The van der Waals surface area contributed by atoms with Gasteiger partial charge in [0.05, 0.1) is 17.5 Å². The van der Waals surface area contributed by atoms with Gasteiger partial charge in [-0.3, -0.25) is 14.9 Å². The standard InChI is InChI=1S/C34H46N4O4S/c1-7-11-12-13-16-38(6)32(40)28-19-24(18-27(28)30(39)37-34(10-4)20-23(34)8-2)42-33(41)36-29-17-22(5)14-15-26(29)31-35-21-25(9-3)43-31/h7-8,14-15,17,21,23-24,27-28H,1-2,9-13,16,18-20H2,3-6H3,(H,36,41)(H,37,39)/t23-,24-,27-,28-,34-/m1/s1. The maximum Gasteiger partial charge on any atom is 0.411 e. The van der Waals surface area contributed by atoms with E-state index in [0.29, 0.717) is 25.1 Å². The average Bonchev–Trinajstić information content (AvgIpc) is 3.28. The first-order valence-electron chi connectivity index (χ1n) is 15.5. The highest BCUT2D eigenvalue weighted by atomic mass is 32.1. The second kappa shape index (κ2) is 14.3. The summed E-state index contributed by atoms with van der Waals surface area (Å²) in [5.74, 6) is -1.13. The predicted octanol–water partition coefficient (Wildman–Crippen LogP) is 6.91. The molecule has 8 nitrogen and oxygen atoms in total. The number of rotatable bonds is 14. The minimum Gasteiger partial charge on any atom is -0.446 e. The zero-order chi connectivity index (χ0) is 31.1. The molecule has 0 radical (unpaired) electrons. The second-order valence-corrected chi connectivity index (χ2v) is 13.1. The molecule has 0 spiro atoms. The number of nitrogens with one attached hydrogen (secondary N) is 2. The van der Waals surface area contributed by atoms with E-state index in [-0.39, 0.29) is 23.3 Å². The molecule has 2 aliphatic carbocycles. The Kier molecular flexibility index (Phi) is 10.8. The first-order chi connectivity index (χ1) is 20.6. The average molecular weight is 607 g/mol. The predicted molar refractivity (Wildman–Crippen MR) is 173 cm³/mol. The fraction of sp³-hybridized carbons (Fsp3) is 0.529. The molecule has 2 N–H and O–H groups in total. The summed E-state index contributed by atoms with van der Waals surface area (Å²) in [5, 5.41) is 6.99. The van der Waals surface area contributed by atoms with Crippen LogP contribution < -0.4 is 10.6 Å². The SMILES string of the molecule is C=CCCCCN(C)C(=O)[C@@H]1C[C@H](OC(=O)Nc2cc(C)ccc2-c2ncc(CC)s2)C[C@H]1C(=O)N[C@]1(CC)C[C@H]1C=C. The van der Waals surface area contributed by atoms with Gasteiger partial charge in [-0.05, 0) is 76.0 Å². The van der Waals surface area contributed by atoms with E-state index in [4.69, 9.17) is 4.74 Å². The number of anilines is 1. The van der Waals surface area contributed by atoms with E-state index in [0.717, 1.165) is 59.5 Å². The molecule has 5 atom stereocenters. The molecule has 2 aromatic rings. The van der Waals surface area contributed by atoms with Crippen molar-refractivity contribution in [1.29, 1.82) is 0 Å². The molecule has 9 heteroatoms. The van der Waals surface area contributed by atoms with Crippen LogP contribution in [0.15, 0.2) is 49.7 Å².